The predicted molar refractivity (Wildman–Crippen MR) is 114 cm³/mol. The van der Waals surface area contributed by atoms with Crippen LogP contribution in [-0.2, 0) is 0 Å². The number of hydrogen-bond donors (Lipinski definition) is 2. The van der Waals surface area contributed by atoms with Gasteiger partial charge in [0.25, 0.3) is 11.5 Å². The van der Waals surface area contributed by atoms with Gasteiger partial charge in [-0.2, -0.15) is 0 Å². The van der Waals surface area contributed by atoms with E-state index in [1.807, 2.05) is 24.3 Å². The summed E-state index contributed by atoms with van der Waals surface area (Å²) in [5.74, 6) is -2.09. The van der Waals surface area contributed by atoms with E-state index in [1.165, 1.54) is 0 Å². The quantitative estimate of drug-likeness (QED) is 0.498. The third-order valence-corrected chi connectivity index (χ3v) is 5.59. The van der Waals surface area contributed by atoms with Gasteiger partial charge in [0.2, 0.25) is 0 Å². The molecule has 0 aliphatic carbocycles. The van der Waals surface area contributed by atoms with Gasteiger partial charge in [-0.05, 0) is 30.7 Å². The average molecular weight is 420 g/mol. The zero-order chi connectivity index (χ0) is 21.5. The number of nitrogens with one attached hydrogen (secondary N) is 2. The van der Waals surface area contributed by atoms with E-state index in [0.29, 0.717) is 30.5 Å². The standard InChI is InChI=1S/C23H18F2N4O2/c24-14-9-13(10-15(25)11-14)22(30)27-16-6-8-29(12-16)19-5-7-26-21-20(19)17-3-1-2-4-18(17)23(31)28-21/h1-5,7,9-11,16H,6,8,12H2,(H,27,30)(H,26,28,31)/t16-/m1/s1. The van der Waals surface area contributed by atoms with Crippen LogP contribution in [0, 0.1) is 11.6 Å². The first-order chi connectivity index (χ1) is 15.0. The molecule has 2 aromatic carbocycles. The van der Waals surface area contributed by atoms with Gasteiger partial charge in [-0.3, -0.25) is 9.59 Å². The number of carbonyl (C=O) groups excluding carboxylic acids is 1. The van der Waals surface area contributed by atoms with E-state index in [0.717, 1.165) is 34.7 Å². The monoisotopic (exact) mass is 420 g/mol. The van der Waals surface area contributed by atoms with Crippen LogP contribution in [0.4, 0.5) is 14.5 Å². The van der Waals surface area contributed by atoms with Crippen molar-refractivity contribution in [3.8, 4) is 0 Å². The summed E-state index contributed by atoms with van der Waals surface area (Å²) < 4.78 is 26.9. The van der Waals surface area contributed by atoms with E-state index in [2.05, 4.69) is 20.2 Å². The van der Waals surface area contributed by atoms with Crippen LogP contribution in [0.5, 0.6) is 0 Å². The van der Waals surface area contributed by atoms with E-state index in [4.69, 9.17) is 0 Å². The van der Waals surface area contributed by atoms with Crippen LogP contribution in [0.1, 0.15) is 16.8 Å². The van der Waals surface area contributed by atoms with Crippen molar-refractivity contribution < 1.29 is 13.6 Å². The second-order valence-electron chi connectivity index (χ2n) is 7.62. The number of hydrogen-bond acceptors (Lipinski definition) is 4. The Morgan fingerprint density at radius 1 is 1.10 bits per heavy atom. The molecule has 1 aliphatic heterocycles. The molecule has 1 saturated heterocycles. The number of aromatic amines is 1. The van der Waals surface area contributed by atoms with Crippen LogP contribution in [0.2, 0.25) is 0 Å². The van der Waals surface area contributed by atoms with Crippen molar-refractivity contribution in [3.63, 3.8) is 0 Å². The fourth-order valence-corrected chi connectivity index (χ4v) is 4.20. The van der Waals surface area contributed by atoms with Gasteiger partial charge in [0.05, 0.1) is 0 Å². The number of fused-ring (bicyclic) bond motifs is 3. The van der Waals surface area contributed by atoms with Gasteiger partial charge in [-0.25, -0.2) is 13.8 Å². The van der Waals surface area contributed by atoms with Gasteiger partial charge in [-0.15, -0.1) is 0 Å². The lowest BCUT2D eigenvalue weighted by molar-refractivity contribution is 0.0939. The molecule has 8 heteroatoms. The molecule has 1 atom stereocenters. The van der Waals surface area contributed by atoms with E-state index in [1.54, 1.807) is 12.3 Å². The smallest absolute Gasteiger partial charge is 0.257 e. The molecule has 1 fully saturated rings. The van der Waals surface area contributed by atoms with Crippen LogP contribution in [0.15, 0.2) is 59.5 Å². The van der Waals surface area contributed by atoms with Crippen molar-refractivity contribution >= 4 is 33.4 Å². The number of aromatic nitrogens is 2. The Kier molecular flexibility index (Phi) is 4.62. The van der Waals surface area contributed by atoms with Crippen molar-refractivity contribution in [1.29, 1.82) is 0 Å². The second-order valence-corrected chi connectivity index (χ2v) is 7.62. The molecule has 0 bridgehead atoms. The molecule has 6 nitrogen and oxygen atoms in total. The molecule has 1 amide bonds. The highest BCUT2D eigenvalue weighted by molar-refractivity contribution is 6.10. The van der Waals surface area contributed by atoms with Gasteiger partial charge >= 0.3 is 0 Å². The van der Waals surface area contributed by atoms with Gasteiger partial charge in [-0.1, -0.05) is 18.2 Å². The molecule has 0 unspecified atom stereocenters. The molecule has 5 rings (SSSR count). The van der Waals surface area contributed by atoms with Crippen LogP contribution in [0.3, 0.4) is 0 Å². The molecule has 2 aromatic heterocycles. The molecule has 156 valence electrons. The summed E-state index contributed by atoms with van der Waals surface area (Å²) in [6, 6.07) is 11.8. The lowest BCUT2D eigenvalue weighted by Gasteiger charge is -2.21. The average Bonchev–Trinajstić information content (AvgIpc) is 3.21. The number of benzene rings is 2. The Bertz CT molecular complexity index is 1370. The molecule has 4 aromatic rings. The Balaban J connectivity index is 1.44. The number of amides is 1. The summed E-state index contributed by atoms with van der Waals surface area (Å²) in [5, 5.41) is 5.10. The van der Waals surface area contributed by atoms with Crippen molar-refractivity contribution in [3.05, 3.63) is 82.3 Å². The third kappa shape index (κ3) is 3.50. The highest BCUT2D eigenvalue weighted by atomic mass is 19.1. The van der Waals surface area contributed by atoms with Gasteiger partial charge in [0, 0.05) is 58.8 Å². The minimum absolute atomic E-state index is 0.0473. The molecular weight excluding hydrogens is 402 g/mol. The molecule has 31 heavy (non-hydrogen) atoms. The largest absolute Gasteiger partial charge is 0.369 e. The van der Waals surface area contributed by atoms with Crippen LogP contribution in [0.25, 0.3) is 21.8 Å². The molecule has 1 aliphatic rings. The zero-order valence-electron chi connectivity index (χ0n) is 16.4. The van der Waals surface area contributed by atoms with Crippen molar-refractivity contribution in [2.45, 2.75) is 12.5 Å². The minimum atomic E-state index is -0.790. The number of rotatable bonds is 3. The Morgan fingerprint density at radius 3 is 2.61 bits per heavy atom. The summed E-state index contributed by atoms with van der Waals surface area (Å²) in [7, 11) is 0. The summed E-state index contributed by atoms with van der Waals surface area (Å²) in [4.78, 5) is 34.1. The maximum atomic E-state index is 13.4. The van der Waals surface area contributed by atoms with E-state index >= 15 is 0 Å². The molecule has 0 radical (unpaired) electrons. The van der Waals surface area contributed by atoms with Gasteiger partial charge in [0.1, 0.15) is 17.3 Å². The number of anilines is 1. The van der Waals surface area contributed by atoms with Crippen molar-refractivity contribution in [2.75, 3.05) is 18.0 Å². The third-order valence-electron chi connectivity index (χ3n) is 5.59. The highest BCUT2D eigenvalue weighted by Crippen LogP contribution is 2.32. The SMILES string of the molecule is O=C(N[C@@H]1CCN(c2ccnc3[nH]c(=O)c4ccccc4c23)C1)c1cc(F)cc(F)c1. The van der Waals surface area contributed by atoms with Crippen LogP contribution in [-0.4, -0.2) is 35.0 Å². The zero-order valence-corrected chi connectivity index (χ0v) is 16.4. The summed E-state index contributed by atoms with van der Waals surface area (Å²) in [6.07, 6.45) is 2.32. The number of H-pyrrole nitrogens is 1. The Hall–Kier alpha value is -3.81. The van der Waals surface area contributed by atoms with Crippen LogP contribution < -0.4 is 15.8 Å². The summed E-state index contributed by atoms with van der Waals surface area (Å²) >= 11 is 0. The number of pyridine rings is 2. The fourth-order valence-electron chi connectivity index (χ4n) is 4.20. The predicted octanol–water partition coefficient (Wildman–Crippen LogP) is 3.36. The summed E-state index contributed by atoms with van der Waals surface area (Å²) in [6.45, 7) is 1.20. The molecule has 0 spiro atoms. The normalized spacial score (nSPS) is 16.2. The lowest BCUT2D eigenvalue weighted by Crippen LogP contribution is -2.37. The van der Waals surface area contributed by atoms with E-state index in [9.17, 15) is 18.4 Å². The first-order valence-corrected chi connectivity index (χ1v) is 9.91. The Labute approximate surface area is 175 Å². The Morgan fingerprint density at radius 2 is 1.84 bits per heavy atom. The van der Waals surface area contributed by atoms with Crippen molar-refractivity contribution in [2.24, 2.45) is 0 Å². The molecular formula is C23H18F2N4O2. The lowest BCUT2D eigenvalue weighted by atomic mass is 10.1. The highest BCUT2D eigenvalue weighted by Gasteiger charge is 2.26. The maximum absolute atomic E-state index is 13.4. The molecule has 0 saturated carbocycles. The van der Waals surface area contributed by atoms with Crippen molar-refractivity contribution in [1.82, 2.24) is 15.3 Å². The fraction of sp³-hybridized carbons (Fsp3) is 0.174. The first-order valence-electron chi connectivity index (χ1n) is 9.91. The maximum Gasteiger partial charge on any atom is 0.257 e. The minimum Gasteiger partial charge on any atom is -0.369 e. The number of carbonyl (C=O) groups is 1. The molecule has 2 N–H and O–H groups in total. The summed E-state index contributed by atoms with van der Waals surface area (Å²) in [5.41, 5.74) is 1.17. The van der Waals surface area contributed by atoms with Gasteiger partial charge < -0.3 is 15.2 Å². The first kappa shape index (κ1) is 19.2. The second kappa shape index (κ2) is 7.46. The molecule has 3 heterocycles. The van der Waals surface area contributed by atoms with E-state index in [-0.39, 0.29) is 17.2 Å². The number of nitrogens with zero attached hydrogens (tertiary/aromatic N) is 2. The van der Waals surface area contributed by atoms with E-state index < -0.39 is 17.5 Å². The van der Waals surface area contributed by atoms with Crippen LogP contribution >= 0.6 is 0 Å². The number of halogens is 2. The van der Waals surface area contributed by atoms with Gasteiger partial charge in [0.15, 0.2) is 0 Å². The topological polar surface area (TPSA) is 78.1 Å².